The molecule has 0 radical (unpaired) electrons. The molecular weight excluding hydrogens is 344 g/mol. The van der Waals surface area contributed by atoms with Crippen LogP contribution >= 0.6 is 11.6 Å². The Morgan fingerprint density at radius 3 is 2.42 bits per heavy atom. The standard InChI is InChI=1S/C21H25ClN4/c1-3-24-11-13-25(14-12-24)21-23-20-16(2)5-4-6-19(20)26(21)15-17-7-9-18(22)10-8-17/h4-10H,3,11-15H2,1-2H3. The van der Waals surface area contributed by atoms with Gasteiger partial charge in [-0.3, -0.25) is 0 Å². The van der Waals surface area contributed by atoms with Gasteiger partial charge in [0.15, 0.2) is 0 Å². The molecule has 1 aliphatic heterocycles. The third-order valence-electron chi connectivity index (χ3n) is 5.32. The van der Waals surface area contributed by atoms with Crippen molar-refractivity contribution >= 4 is 28.6 Å². The van der Waals surface area contributed by atoms with E-state index in [9.17, 15) is 0 Å². The lowest BCUT2D eigenvalue weighted by molar-refractivity contribution is 0.269. The molecule has 1 saturated heterocycles. The summed E-state index contributed by atoms with van der Waals surface area (Å²) in [5, 5.41) is 0.774. The van der Waals surface area contributed by atoms with Gasteiger partial charge >= 0.3 is 0 Å². The number of halogens is 1. The normalized spacial score (nSPS) is 15.7. The van der Waals surface area contributed by atoms with E-state index in [0.717, 1.165) is 55.8 Å². The molecule has 0 amide bonds. The minimum absolute atomic E-state index is 0.774. The predicted molar refractivity (Wildman–Crippen MR) is 109 cm³/mol. The highest BCUT2D eigenvalue weighted by Gasteiger charge is 2.22. The quantitative estimate of drug-likeness (QED) is 0.690. The van der Waals surface area contributed by atoms with Gasteiger partial charge in [0.2, 0.25) is 5.95 Å². The van der Waals surface area contributed by atoms with E-state index in [1.165, 1.54) is 16.6 Å². The van der Waals surface area contributed by atoms with Crippen molar-refractivity contribution in [2.45, 2.75) is 20.4 Å². The van der Waals surface area contributed by atoms with Crippen molar-refractivity contribution in [1.82, 2.24) is 14.5 Å². The average Bonchev–Trinajstić information content (AvgIpc) is 3.04. The third-order valence-corrected chi connectivity index (χ3v) is 5.57. The van der Waals surface area contributed by atoms with E-state index in [1.807, 2.05) is 12.1 Å². The second-order valence-corrected chi connectivity index (χ2v) is 7.42. The summed E-state index contributed by atoms with van der Waals surface area (Å²) in [6.07, 6.45) is 0. The van der Waals surface area contributed by atoms with Crippen molar-refractivity contribution in [1.29, 1.82) is 0 Å². The van der Waals surface area contributed by atoms with Crippen molar-refractivity contribution in [3.8, 4) is 0 Å². The Morgan fingerprint density at radius 2 is 1.73 bits per heavy atom. The van der Waals surface area contributed by atoms with Gasteiger partial charge in [0.1, 0.15) is 0 Å². The Morgan fingerprint density at radius 1 is 1.00 bits per heavy atom. The Bertz CT molecular complexity index is 892. The highest BCUT2D eigenvalue weighted by molar-refractivity contribution is 6.30. The number of nitrogens with zero attached hydrogens (tertiary/aromatic N) is 4. The molecule has 26 heavy (non-hydrogen) atoms. The van der Waals surface area contributed by atoms with Gasteiger partial charge in [-0.15, -0.1) is 0 Å². The van der Waals surface area contributed by atoms with E-state index in [1.54, 1.807) is 0 Å². The number of anilines is 1. The lowest BCUT2D eigenvalue weighted by atomic mass is 10.2. The van der Waals surface area contributed by atoms with Crippen LogP contribution in [0.4, 0.5) is 5.95 Å². The van der Waals surface area contributed by atoms with Gasteiger partial charge in [-0.25, -0.2) is 4.98 Å². The van der Waals surface area contributed by atoms with Gasteiger partial charge in [-0.2, -0.15) is 0 Å². The molecule has 2 heterocycles. The van der Waals surface area contributed by atoms with E-state index >= 15 is 0 Å². The Balaban J connectivity index is 1.74. The minimum atomic E-state index is 0.774. The van der Waals surface area contributed by atoms with Gasteiger partial charge < -0.3 is 14.4 Å². The van der Waals surface area contributed by atoms with Crippen LogP contribution in [0.5, 0.6) is 0 Å². The molecule has 0 aliphatic carbocycles. The molecule has 0 unspecified atom stereocenters. The van der Waals surface area contributed by atoms with Gasteiger partial charge in [0, 0.05) is 31.2 Å². The fraction of sp³-hybridized carbons (Fsp3) is 0.381. The second kappa shape index (κ2) is 7.29. The molecule has 1 aromatic heterocycles. The van der Waals surface area contributed by atoms with E-state index in [0.29, 0.717) is 0 Å². The molecule has 0 bridgehead atoms. The molecule has 4 nitrogen and oxygen atoms in total. The zero-order chi connectivity index (χ0) is 18.1. The van der Waals surface area contributed by atoms with Crippen molar-refractivity contribution in [3.63, 3.8) is 0 Å². The number of benzene rings is 2. The van der Waals surface area contributed by atoms with E-state index in [-0.39, 0.29) is 0 Å². The highest BCUT2D eigenvalue weighted by atomic mass is 35.5. The van der Waals surface area contributed by atoms with Crippen LogP contribution in [0.2, 0.25) is 5.02 Å². The molecule has 5 heteroatoms. The number of para-hydroxylation sites is 1. The predicted octanol–water partition coefficient (Wildman–Crippen LogP) is 4.19. The molecule has 4 rings (SSSR count). The molecule has 0 atom stereocenters. The van der Waals surface area contributed by atoms with Crippen molar-refractivity contribution in [2.24, 2.45) is 0 Å². The second-order valence-electron chi connectivity index (χ2n) is 6.99. The molecular formula is C21H25ClN4. The van der Waals surface area contributed by atoms with Crippen LogP contribution in [-0.4, -0.2) is 47.2 Å². The Kier molecular flexibility index (Phi) is 4.88. The minimum Gasteiger partial charge on any atom is -0.340 e. The topological polar surface area (TPSA) is 24.3 Å². The summed E-state index contributed by atoms with van der Waals surface area (Å²) < 4.78 is 2.35. The largest absolute Gasteiger partial charge is 0.340 e. The molecule has 0 N–H and O–H groups in total. The number of hydrogen-bond donors (Lipinski definition) is 0. The van der Waals surface area contributed by atoms with Gasteiger partial charge in [0.25, 0.3) is 0 Å². The maximum absolute atomic E-state index is 6.06. The van der Waals surface area contributed by atoms with Gasteiger partial charge in [-0.05, 0) is 42.8 Å². The Hall–Kier alpha value is -2.04. The third kappa shape index (κ3) is 3.31. The first-order valence-electron chi connectivity index (χ1n) is 9.33. The molecule has 2 aromatic carbocycles. The smallest absolute Gasteiger partial charge is 0.206 e. The first-order valence-corrected chi connectivity index (χ1v) is 9.71. The molecule has 3 aromatic rings. The fourth-order valence-corrected chi connectivity index (χ4v) is 3.83. The van der Waals surface area contributed by atoms with E-state index in [4.69, 9.17) is 16.6 Å². The summed E-state index contributed by atoms with van der Waals surface area (Å²) in [6, 6.07) is 14.6. The average molecular weight is 369 g/mol. The number of rotatable bonds is 4. The molecule has 136 valence electrons. The first-order chi connectivity index (χ1) is 12.7. The van der Waals surface area contributed by atoms with Crippen LogP contribution in [-0.2, 0) is 6.54 Å². The van der Waals surface area contributed by atoms with Crippen LogP contribution in [0.15, 0.2) is 42.5 Å². The van der Waals surface area contributed by atoms with Gasteiger partial charge in [-0.1, -0.05) is 42.8 Å². The lowest BCUT2D eigenvalue weighted by Gasteiger charge is -2.34. The monoisotopic (exact) mass is 368 g/mol. The summed E-state index contributed by atoms with van der Waals surface area (Å²) >= 11 is 6.06. The number of likely N-dealkylation sites (N-methyl/N-ethyl adjacent to an activating group) is 1. The van der Waals surface area contributed by atoms with Crippen LogP contribution in [0.1, 0.15) is 18.1 Å². The molecule has 0 spiro atoms. The number of hydrogen-bond acceptors (Lipinski definition) is 3. The number of fused-ring (bicyclic) bond motifs is 1. The molecule has 1 aliphatic rings. The van der Waals surface area contributed by atoms with Crippen LogP contribution in [0.25, 0.3) is 11.0 Å². The molecule has 0 saturated carbocycles. The van der Waals surface area contributed by atoms with Crippen LogP contribution in [0, 0.1) is 6.92 Å². The number of aryl methyl sites for hydroxylation is 1. The highest BCUT2D eigenvalue weighted by Crippen LogP contribution is 2.27. The summed E-state index contributed by atoms with van der Waals surface area (Å²) in [4.78, 5) is 9.97. The van der Waals surface area contributed by atoms with Crippen molar-refractivity contribution < 1.29 is 0 Å². The zero-order valence-electron chi connectivity index (χ0n) is 15.5. The van der Waals surface area contributed by atoms with Crippen LogP contribution < -0.4 is 4.90 Å². The first kappa shape index (κ1) is 17.4. The summed E-state index contributed by atoms with van der Waals surface area (Å²) in [5.41, 5.74) is 4.77. The summed E-state index contributed by atoms with van der Waals surface area (Å²) in [6.45, 7) is 10.5. The van der Waals surface area contributed by atoms with Crippen LogP contribution in [0.3, 0.4) is 0 Å². The Labute approximate surface area is 160 Å². The maximum Gasteiger partial charge on any atom is 0.206 e. The van der Waals surface area contributed by atoms with Crippen molar-refractivity contribution in [2.75, 3.05) is 37.6 Å². The number of aromatic nitrogens is 2. The SMILES string of the molecule is CCN1CCN(c2nc3c(C)cccc3n2Cc2ccc(Cl)cc2)CC1. The maximum atomic E-state index is 6.06. The molecule has 1 fully saturated rings. The fourth-order valence-electron chi connectivity index (χ4n) is 3.71. The van der Waals surface area contributed by atoms with Gasteiger partial charge in [0.05, 0.1) is 17.6 Å². The summed E-state index contributed by atoms with van der Waals surface area (Å²) in [5.74, 6) is 1.08. The van der Waals surface area contributed by atoms with E-state index in [2.05, 4.69) is 58.5 Å². The van der Waals surface area contributed by atoms with Crippen molar-refractivity contribution in [3.05, 3.63) is 58.6 Å². The summed E-state index contributed by atoms with van der Waals surface area (Å²) in [7, 11) is 0. The zero-order valence-corrected chi connectivity index (χ0v) is 16.2. The number of piperazine rings is 1. The lowest BCUT2D eigenvalue weighted by Crippen LogP contribution is -2.47. The number of imidazole rings is 1. The van der Waals surface area contributed by atoms with E-state index < -0.39 is 0 Å².